The van der Waals surface area contributed by atoms with Gasteiger partial charge in [-0.15, -0.1) is 0 Å². The number of rotatable bonds is 7. The van der Waals surface area contributed by atoms with Gasteiger partial charge in [-0.2, -0.15) is 0 Å². The third-order valence-electron chi connectivity index (χ3n) is 5.86. The standard InChI is InChI=1S/C27H28N2O2/c30-25(28-19-17-21-9-3-1-4-10-21)15-16-26(31)29-20-18-22-11-7-8-14-24(22)27(29)23-12-5-2-6-13-23/h1-14,27H,15-20H2,(H,28,30). The lowest BCUT2D eigenvalue weighted by atomic mass is 9.88. The van der Waals surface area contributed by atoms with Crippen LogP contribution in [0.1, 0.15) is 41.1 Å². The maximum absolute atomic E-state index is 13.1. The van der Waals surface area contributed by atoms with Gasteiger partial charge in [0.2, 0.25) is 11.8 Å². The molecule has 1 heterocycles. The number of benzene rings is 3. The fourth-order valence-corrected chi connectivity index (χ4v) is 4.27. The molecule has 1 unspecified atom stereocenters. The summed E-state index contributed by atoms with van der Waals surface area (Å²) in [5.41, 5.74) is 4.77. The number of hydrogen-bond acceptors (Lipinski definition) is 2. The summed E-state index contributed by atoms with van der Waals surface area (Å²) in [7, 11) is 0. The molecule has 0 saturated carbocycles. The van der Waals surface area contributed by atoms with Crippen LogP contribution >= 0.6 is 0 Å². The molecule has 0 saturated heterocycles. The van der Waals surface area contributed by atoms with Crippen molar-refractivity contribution in [1.82, 2.24) is 10.2 Å². The maximum Gasteiger partial charge on any atom is 0.223 e. The highest BCUT2D eigenvalue weighted by molar-refractivity contribution is 5.84. The summed E-state index contributed by atoms with van der Waals surface area (Å²) in [6.07, 6.45) is 2.07. The van der Waals surface area contributed by atoms with Crippen molar-refractivity contribution in [2.45, 2.75) is 31.7 Å². The molecular weight excluding hydrogens is 384 g/mol. The molecule has 1 aliphatic heterocycles. The van der Waals surface area contributed by atoms with Gasteiger partial charge in [0.1, 0.15) is 0 Å². The third kappa shape index (κ3) is 5.21. The predicted octanol–water partition coefficient (Wildman–Crippen LogP) is 4.30. The lowest BCUT2D eigenvalue weighted by molar-refractivity contribution is -0.135. The molecule has 4 nitrogen and oxygen atoms in total. The fraction of sp³-hybridized carbons (Fsp3) is 0.259. The molecule has 4 heteroatoms. The highest BCUT2D eigenvalue weighted by Gasteiger charge is 2.31. The van der Waals surface area contributed by atoms with E-state index >= 15 is 0 Å². The topological polar surface area (TPSA) is 49.4 Å². The second-order valence-corrected chi connectivity index (χ2v) is 7.93. The van der Waals surface area contributed by atoms with E-state index in [0.29, 0.717) is 13.1 Å². The Morgan fingerprint density at radius 2 is 1.52 bits per heavy atom. The van der Waals surface area contributed by atoms with E-state index < -0.39 is 0 Å². The first-order valence-electron chi connectivity index (χ1n) is 11.0. The average molecular weight is 413 g/mol. The van der Waals surface area contributed by atoms with Crippen molar-refractivity contribution in [3.63, 3.8) is 0 Å². The van der Waals surface area contributed by atoms with E-state index in [1.807, 2.05) is 59.5 Å². The van der Waals surface area contributed by atoms with Crippen LogP contribution < -0.4 is 5.32 Å². The van der Waals surface area contributed by atoms with Crippen LogP contribution in [0, 0.1) is 0 Å². The minimum Gasteiger partial charge on any atom is -0.356 e. The number of nitrogens with zero attached hydrogens (tertiary/aromatic N) is 1. The van der Waals surface area contributed by atoms with Crippen molar-refractivity contribution in [2.24, 2.45) is 0 Å². The monoisotopic (exact) mass is 412 g/mol. The van der Waals surface area contributed by atoms with E-state index in [1.165, 1.54) is 16.7 Å². The number of nitrogens with one attached hydrogen (secondary N) is 1. The Labute approximate surface area is 183 Å². The number of amides is 2. The van der Waals surface area contributed by atoms with Gasteiger partial charge in [0.15, 0.2) is 0 Å². The smallest absolute Gasteiger partial charge is 0.223 e. The number of fused-ring (bicyclic) bond motifs is 1. The summed E-state index contributed by atoms with van der Waals surface area (Å²) in [6, 6.07) is 28.5. The van der Waals surface area contributed by atoms with Crippen LogP contribution in [0.25, 0.3) is 0 Å². The zero-order valence-corrected chi connectivity index (χ0v) is 17.7. The zero-order chi connectivity index (χ0) is 21.5. The van der Waals surface area contributed by atoms with Crippen molar-refractivity contribution < 1.29 is 9.59 Å². The van der Waals surface area contributed by atoms with Gasteiger partial charge in [-0.25, -0.2) is 0 Å². The van der Waals surface area contributed by atoms with Gasteiger partial charge in [-0.1, -0.05) is 84.9 Å². The van der Waals surface area contributed by atoms with E-state index in [4.69, 9.17) is 0 Å². The molecule has 1 atom stereocenters. The van der Waals surface area contributed by atoms with E-state index in [2.05, 4.69) is 35.6 Å². The molecule has 1 N–H and O–H groups in total. The lowest BCUT2D eigenvalue weighted by Gasteiger charge is -2.38. The minimum atomic E-state index is -0.0974. The Kier molecular flexibility index (Phi) is 6.78. The zero-order valence-electron chi connectivity index (χ0n) is 17.7. The van der Waals surface area contributed by atoms with Crippen molar-refractivity contribution in [1.29, 1.82) is 0 Å². The van der Waals surface area contributed by atoms with Gasteiger partial charge in [-0.3, -0.25) is 9.59 Å². The molecule has 3 aromatic rings. The average Bonchev–Trinajstić information content (AvgIpc) is 2.83. The molecule has 0 aromatic heterocycles. The van der Waals surface area contributed by atoms with Gasteiger partial charge >= 0.3 is 0 Å². The van der Waals surface area contributed by atoms with Crippen LogP contribution in [0.2, 0.25) is 0 Å². The first-order valence-corrected chi connectivity index (χ1v) is 11.0. The molecular formula is C27H28N2O2. The molecule has 1 aliphatic rings. The van der Waals surface area contributed by atoms with E-state index in [0.717, 1.165) is 18.4 Å². The molecule has 2 amide bonds. The fourth-order valence-electron chi connectivity index (χ4n) is 4.27. The van der Waals surface area contributed by atoms with Crippen LogP contribution in [0.15, 0.2) is 84.9 Å². The summed E-state index contributed by atoms with van der Waals surface area (Å²) in [6.45, 7) is 1.26. The van der Waals surface area contributed by atoms with Crippen molar-refractivity contribution in [3.05, 3.63) is 107 Å². The highest BCUT2D eigenvalue weighted by Crippen LogP contribution is 2.35. The summed E-state index contributed by atoms with van der Waals surface area (Å²) >= 11 is 0. The Morgan fingerprint density at radius 3 is 2.29 bits per heavy atom. The molecule has 0 aliphatic carbocycles. The molecule has 0 fully saturated rings. The normalized spacial score (nSPS) is 15.2. The first-order chi connectivity index (χ1) is 15.2. The molecule has 3 aromatic carbocycles. The number of carbonyl (C=O) groups is 2. The minimum absolute atomic E-state index is 0.0292. The molecule has 0 bridgehead atoms. The number of carbonyl (C=O) groups excluding carboxylic acids is 2. The predicted molar refractivity (Wildman–Crippen MR) is 123 cm³/mol. The third-order valence-corrected chi connectivity index (χ3v) is 5.86. The second kappa shape index (κ2) is 10.1. The molecule has 31 heavy (non-hydrogen) atoms. The van der Waals surface area contributed by atoms with Gasteiger partial charge < -0.3 is 10.2 Å². The van der Waals surface area contributed by atoms with Crippen LogP contribution in [-0.4, -0.2) is 29.8 Å². The SMILES string of the molecule is O=C(CCC(=O)N1CCc2ccccc2C1c1ccccc1)NCCc1ccccc1. The Morgan fingerprint density at radius 1 is 0.839 bits per heavy atom. The van der Waals surface area contributed by atoms with Gasteiger partial charge in [0.25, 0.3) is 0 Å². The van der Waals surface area contributed by atoms with Crippen molar-refractivity contribution in [2.75, 3.05) is 13.1 Å². The quantitative estimate of drug-likeness (QED) is 0.629. The van der Waals surface area contributed by atoms with Crippen molar-refractivity contribution >= 4 is 11.8 Å². The molecule has 158 valence electrons. The van der Waals surface area contributed by atoms with Crippen molar-refractivity contribution in [3.8, 4) is 0 Å². The van der Waals surface area contributed by atoms with Crippen LogP contribution in [0.3, 0.4) is 0 Å². The summed E-state index contributed by atoms with van der Waals surface area (Å²) in [4.78, 5) is 27.4. The summed E-state index contributed by atoms with van der Waals surface area (Å²) in [5.74, 6) is -0.0421. The maximum atomic E-state index is 13.1. The van der Waals surface area contributed by atoms with Gasteiger partial charge in [0, 0.05) is 25.9 Å². The van der Waals surface area contributed by atoms with Crippen LogP contribution in [0.4, 0.5) is 0 Å². The first kappa shape index (κ1) is 20.9. The van der Waals surface area contributed by atoms with Gasteiger partial charge in [-0.05, 0) is 35.1 Å². The molecule has 0 radical (unpaired) electrons. The highest BCUT2D eigenvalue weighted by atomic mass is 16.2. The summed E-state index contributed by atoms with van der Waals surface area (Å²) < 4.78 is 0. The van der Waals surface area contributed by atoms with Crippen LogP contribution in [0.5, 0.6) is 0 Å². The van der Waals surface area contributed by atoms with E-state index in [9.17, 15) is 9.59 Å². The lowest BCUT2D eigenvalue weighted by Crippen LogP contribution is -2.41. The second-order valence-electron chi connectivity index (χ2n) is 7.93. The Hall–Kier alpha value is -3.40. The Bertz CT molecular complexity index is 1020. The number of hydrogen-bond donors (Lipinski definition) is 1. The largest absolute Gasteiger partial charge is 0.356 e. The Balaban J connectivity index is 1.37. The van der Waals surface area contributed by atoms with Gasteiger partial charge in [0.05, 0.1) is 6.04 Å². The molecule has 4 rings (SSSR count). The summed E-state index contributed by atoms with van der Waals surface area (Å²) in [5, 5.41) is 2.94. The molecule has 0 spiro atoms. The van der Waals surface area contributed by atoms with E-state index in [-0.39, 0.29) is 30.7 Å². The van der Waals surface area contributed by atoms with Crippen LogP contribution in [-0.2, 0) is 22.4 Å². The van der Waals surface area contributed by atoms with E-state index in [1.54, 1.807) is 0 Å².